The molecule has 1 fully saturated rings. The number of halogens is 3. The first-order chi connectivity index (χ1) is 13.5. The molecule has 3 aromatic rings. The second-order valence-corrected chi connectivity index (χ2v) is 6.77. The lowest BCUT2D eigenvalue weighted by Crippen LogP contribution is -2.42. The van der Waals surface area contributed by atoms with Crippen molar-refractivity contribution in [1.82, 2.24) is 20.3 Å². The Morgan fingerprint density at radius 3 is 2.79 bits per heavy atom. The Hall–Kier alpha value is -2.81. The Labute approximate surface area is 159 Å². The number of piperidine rings is 1. The van der Waals surface area contributed by atoms with Crippen LogP contribution >= 0.6 is 0 Å². The zero-order valence-corrected chi connectivity index (χ0v) is 15.0. The van der Waals surface area contributed by atoms with Crippen LogP contribution in [0.25, 0.3) is 11.0 Å². The molecule has 28 heavy (non-hydrogen) atoms. The van der Waals surface area contributed by atoms with Gasteiger partial charge in [-0.2, -0.15) is 0 Å². The van der Waals surface area contributed by atoms with Gasteiger partial charge in [-0.3, -0.25) is 0 Å². The second-order valence-electron chi connectivity index (χ2n) is 6.77. The van der Waals surface area contributed by atoms with Crippen molar-refractivity contribution in [2.45, 2.75) is 31.8 Å². The lowest BCUT2D eigenvalue weighted by molar-refractivity contribution is -0.274. The number of alkyl halides is 3. The fourth-order valence-corrected chi connectivity index (χ4v) is 3.52. The van der Waals surface area contributed by atoms with E-state index in [9.17, 15) is 13.2 Å². The number of hydrogen-bond acceptors (Lipinski definition) is 5. The first-order valence-electron chi connectivity index (χ1n) is 9.09. The molecule has 0 atom stereocenters. The van der Waals surface area contributed by atoms with Gasteiger partial charge < -0.3 is 19.9 Å². The fraction of sp³-hybridized carbons (Fsp3) is 0.368. The SMILES string of the molecule is FC(F)(F)Oc1cccc(CNC2CCN(c3ncnc4[nH]ccc34)CC2)c1. The average molecular weight is 391 g/mol. The largest absolute Gasteiger partial charge is 0.573 e. The van der Waals surface area contributed by atoms with Crippen LogP contribution in [0, 0.1) is 0 Å². The van der Waals surface area contributed by atoms with Crippen LogP contribution in [0.1, 0.15) is 18.4 Å². The monoisotopic (exact) mass is 391 g/mol. The summed E-state index contributed by atoms with van der Waals surface area (Å²) in [7, 11) is 0. The number of ether oxygens (including phenoxy) is 1. The molecule has 0 unspecified atom stereocenters. The van der Waals surface area contributed by atoms with Gasteiger partial charge in [-0.1, -0.05) is 12.1 Å². The lowest BCUT2D eigenvalue weighted by Gasteiger charge is -2.33. The van der Waals surface area contributed by atoms with Gasteiger partial charge in [-0.25, -0.2) is 9.97 Å². The minimum Gasteiger partial charge on any atom is -0.406 e. The quantitative estimate of drug-likeness (QED) is 0.696. The third kappa shape index (κ3) is 4.36. The molecule has 3 heterocycles. The van der Waals surface area contributed by atoms with E-state index in [4.69, 9.17) is 0 Å². The first-order valence-corrected chi connectivity index (χ1v) is 9.09. The normalized spacial score (nSPS) is 15.9. The molecule has 0 amide bonds. The molecule has 0 spiro atoms. The van der Waals surface area contributed by atoms with Gasteiger partial charge in [0.2, 0.25) is 0 Å². The van der Waals surface area contributed by atoms with E-state index < -0.39 is 6.36 Å². The molecule has 1 aliphatic heterocycles. The Morgan fingerprint density at radius 1 is 1.18 bits per heavy atom. The molecule has 0 radical (unpaired) electrons. The number of fused-ring (bicyclic) bond motifs is 1. The number of aromatic nitrogens is 3. The van der Waals surface area contributed by atoms with Crippen molar-refractivity contribution >= 4 is 16.9 Å². The van der Waals surface area contributed by atoms with Crippen LogP contribution in [0.15, 0.2) is 42.9 Å². The van der Waals surface area contributed by atoms with Gasteiger partial charge in [0.25, 0.3) is 0 Å². The summed E-state index contributed by atoms with van der Waals surface area (Å²) < 4.78 is 41.0. The van der Waals surface area contributed by atoms with E-state index in [-0.39, 0.29) is 5.75 Å². The highest BCUT2D eigenvalue weighted by molar-refractivity contribution is 5.87. The van der Waals surface area contributed by atoms with Gasteiger partial charge in [0.1, 0.15) is 23.5 Å². The zero-order valence-electron chi connectivity index (χ0n) is 15.0. The van der Waals surface area contributed by atoms with E-state index in [1.54, 1.807) is 18.5 Å². The predicted molar refractivity (Wildman–Crippen MR) is 99.1 cm³/mol. The van der Waals surface area contributed by atoms with E-state index in [1.807, 2.05) is 12.3 Å². The van der Waals surface area contributed by atoms with Crippen molar-refractivity contribution in [3.8, 4) is 5.75 Å². The average Bonchev–Trinajstić information content (AvgIpc) is 3.15. The van der Waals surface area contributed by atoms with Crippen molar-refractivity contribution in [3.05, 3.63) is 48.4 Å². The van der Waals surface area contributed by atoms with Crippen molar-refractivity contribution in [2.75, 3.05) is 18.0 Å². The number of nitrogens with one attached hydrogen (secondary N) is 2. The van der Waals surface area contributed by atoms with Gasteiger partial charge in [0.15, 0.2) is 0 Å². The molecule has 0 aliphatic carbocycles. The summed E-state index contributed by atoms with van der Waals surface area (Å²) >= 11 is 0. The van der Waals surface area contributed by atoms with Crippen LogP contribution in [0.2, 0.25) is 0 Å². The third-order valence-electron chi connectivity index (χ3n) is 4.85. The number of anilines is 1. The Kier molecular flexibility index (Phi) is 5.08. The summed E-state index contributed by atoms with van der Waals surface area (Å²) in [5.74, 6) is 0.739. The van der Waals surface area contributed by atoms with Gasteiger partial charge in [0, 0.05) is 31.9 Å². The van der Waals surface area contributed by atoms with E-state index in [2.05, 4.69) is 29.9 Å². The highest BCUT2D eigenvalue weighted by Crippen LogP contribution is 2.26. The summed E-state index contributed by atoms with van der Waals surface area (Å²) in [6.07, 6.45) is 0.594. The van der Waals surface area contributed by atoms with Gasteiger partial charge in [0.05, 0.1) is 5.39 Å². The predicted octanol–water partition coefficient (Wildman–Crippen LogP) is 3.62. The second kappa shape index (κ2) is 7.67. The van der Waals surface area contributed by atoms with Crippen molar-refractivity contribution < 1.29 is 17.9 Å². The molecule has 1 saturated heterocycles. The number of aromatic amines is 1. The first kappa shape index (κ1) is 18.5. The standard InChI is InChI=1S/C19H20F3N5O/c20-19(21,22)28-15-3-1-2-13(10-15)11-24-14-5-8-27(9-6-14)18-16-4-7-23-17(16)25-12-26-18/h1-4,7,10,12,14,24H,5-6,8-9,11H2,(H,23,25,26). The molecule has 1 aliphatic rings. The molecule has 6 nitrogen and oxygen atoms in total. The molecule has 0 bridgehead atoms. The zero-order chi connectivity index (χ0) is 19.6. The van der Waals surface area contributed by atoms with Crippen molar-refractivity contribution in [3.63, 3.8) is 0 Å². The van der Waals surface area contributed by atoms with E-state index in [1.165, 1.54) is 12.1 Å². The van der Waals surface area contributed by atoms with Gasteiger partial charge in [-0.05, 0) is 36.6 Å². The number of rotatable bonds is 5. The van der Waals surface area contributed by atoms with Crippen LogP contribution in [-0.2, 0) is 6.54 Å². The van der Waals surface area contributed by atoms with Crippen LogP contribution < -0.4 is 15.0 Å². The van der Waals surface area contributed by atoms with E-state index in [0.29, 0.717) is 12.6 Å². The third-order valence-corrected chi connectivity index (χ3v) is 4.85. The molecule has 2 aromatic heterocycles. The fourth-order valence-electron chi connectivity index (χ4n) is 3.52. The minimum absolute atomic E-state index is 0.194. The van der Waals surface area contributed by atoms with Gasteiger partial charge >= 0.3 is 6.36 Å². The molecule has 9 heteroatoms. The molecular formula is C19H20F3N5O. The molecule has 148 valence electrons. The Balaban J connectivity index is 1.32. The molecule has 2 N–H and O–H groups in total. The maximum atomic E-state index is 12.3. The van der Waals surface area contributed by atoms with Crippen LogP contribution in [0.4, 0.5) is 19.0 Å². The topological polar surface area (TPSA) is 66.1 Å². The number of nitrogens with zero attached hydrogens (tertiary/aromatic N) is 3. The Morgan fingerprint density at radius 2 is 2.00 bits per heavy atom. The Bertz CT molecular complexity index is 934. The van der Waals surface area contributed by atoms with Crippen LogP contribution in [0.3, 0.4) is 0 Å². The minimum atomic E-state index is -4.68. The van der Waals surface area contributed by atoms with E-state index >= 15 is 0 Å². The van der Waals surface area contributed by atoms with Crippen LogP contribution in [-0.4, -0.2) is 40.4 Å². The smallest absolute Gasteiger partial charge is 0.406 e. The summed E-state index contributed by atoms with van der Waals surface area (Å²) in [5.41, 5.74) is 1.58. The van der Waals surface area contributed by atoms with Crippen molar-refractivity contribution in [1.29, 1.82) is 0 Å². The molecular weight excluding hydrogens is 371 g/mol. The van der Waals surface area contributed by atoms with E-state index in [0.717, 1.165) is 48.3 Å². The molecule has 1 aromatic carbocycles. The summed E-state index contributed by atoms with van der Waals surface area (Å²) in [5, 5.41) is 4.44. The van der Waals surface area contributed by atoms with Crippen LogP contribution in [0.5, 0.6) is 5.75 Å². The molecule has 4 rings (SSSR count). The summed E-state index contributed by atoms with van der Waals surface area (Å²) in [6, 6.07) is 8.35. The number of H-pyrrole nitrogens is 1. The highest BCUT2D eigenvalue weighted by atomic mass is 19.4. The maximum absolute atomic E-state index is 12.3. The maximum Gasteiger partial charge on any atom is 0.573 e. The molecule has 0 saturated carbocycles. The van der Waals surface area contributed by atoms with Gasteiger partial charge in [-0.15, -0.1) is 13.2 Å². The number of benzene rings is 1. The van der Waals surface area contributed by atoms with Crippen molar-refractivity contribution in [2.24, 2.45) is 0 Å². The summed E-state index contributed by atoms with van der Waals surface area (Å²) in [6.45, 7) is 2.20. The lowest BCUT2D eigenvalue weighted by atomic mass is 10.0. The summed E-state index contributed by atoms with van der Waals surface area (Å²) in [4.78, 5) is 14.0. The number of hydrogen-bond donors (Lipinski definition) is 2. The highest BCUT2D eigenvalue weighted by Gasteiger charge is 2.31.